The SMILES string of the molecule is CCNC(=O)C1C(C#N)C12SC1/C(=C/Nc3cccc(NC(=O)CN(C)Cc4cccc(C)c4)n3)C1C(=O)N2CC. The van der Waals surface area contributed by atoms with Crippen LogP contribution in [0.15, 0.2) is 54.2 Å². The van der Waals surface area contributed by atoms with E-state index in [4.69, 9.17) is 0 Å². The molecule has 214 valence electrons. The molecule has 1 saturated heterocycles. The summed E-state index contributed by atoms with van der Waals surface area (Å²) in [5.41, 5.74) is 3.25. The number of nitrogens with zero attached hydrogens (tertiary/aromatic N) is 4. The second-order valence-electron chi connectivity index (χ2n) is 10.7. The Morgan fingerprint density at radius 1 is 1.22 bits per heavy atom. The summed E-state index contributed by atoms with van der Waals surface area (Å²) in [6.07, 6.45) is 1.79. The van der Waals surface area contributed by atoms with Gasteiger partial charge < -0.3 is 20.9 Å². The average Bonchev–Trinajstić information content (AvgIpc) is 3.80. The topological polar surface area (TPSA) is 130 Å². The Morgan fingerprint density at radius 2 is 1.98 bits per heavy atom. The molecule has 1 aromatic carbocycles. The van der Waals surface area contributed by atoms with Gasteiger partial charge in [-0.15, -0.1) is 11.8 Å². The summed E-state index contributed by atoms with van der Waals surface area (Å²) in [5, 5.41) is 18.6. The Hall–Kier alpha value is -3.88. The number of anilines is 2. The molecule has 2 aliphatic carbocycles. The number of nitriles is 1. The van der Waals surface area contributed by atoms with Gasteiger partial charge in [0, 0.05) is 31.1 Å². The van der Waals surface area contributed by atoms with Crippen molar-refractivity contribution in [2.75, 3.05) is 37.3 Å². The number of likely N-dealkylation sites (N-methyl/N-ethyl adjacent to an activating group) is 1. The number of aryl methyl sites for hydroxylation is 1. The second-order valence-corrected chi connectivity index (χ2v) is 12.1. The lowest BCUT2D eigenvalue weighted by atomic mass is 10.1. The van der Waals surface area contributed by atoms with E-state index < -0.39 is 16.7 Å². The second kappa shape index (κ2) is 11.5. The van der Waals surface area contributed by atoms with E-state index in [9.17, 15) is 19.6 Å². The minimum Gasteiger partial charge on any atom is -0.356 e. The summed E-state index contributed by atoms with van der Waals surface area (Å²) >= 11 is 1.55. The molecular formula is C30H35N7O3S. The van der Waals surface area contributed by atoms with Crippen molar-refractivity contribution in [3.8, 4) is 6.07 Å². The van der Waals surface area contributed by atoms with Crippen LogP contribution < -0.4 is 16.0 Å². The zero-order valence-corrected chi connectivity index (χ0v) is 24.5. The molecule has 0 bridgehead atoms. The summed E-state index contributed by atoms with van der Waals surface area (Å²) in [4.78, 5) is 46.1. The Morgan fingerprint density at radius 3 is 2.68 bits per heavy atom. The number of rotatable bonds is 10. The van der Waals surface area contributed by atoms with Crippen LogP contribution in [0.3, 0.4) is 0 Å². The van der Waals surface area contributed by atoms with E-state index in [-0.39, 0.29) is 35.4 Å². The van der Waals surface area contributed by atoms with Crippen molar-refractivity contribution >= 4 is 41.1 Å². The number of fused-ring (bicyclic) bond motifs is 1. The maximum absolute atomic E-state index is 13.4. The number of aromatic nitrogens is 1. The molecule has 1 spiro atoms. The Labute approximate surface area is 244 Å². The van der Waals surface area contributed by atoms with Crippen LogP contribution in [0.4, 0.5) is 11.6 Å². The van der Waals surface area contributed by atoms with Crippen LogP contribution in [0.5, 0.6) is 0 Å². The third kappa shape index (κ3) is 5.54. The molecule has 0 radical (unpaired) electrons. The Kier molecular flexibility index (Phi) is 8.07. The van der Waals surface area contributed by atoms with E-state index in [0.29, 0.717) is 31.3 Å². The van der Waals surface area contributed by atoms with E-state index in [1.807, 2.05) is 50.9 Å². The van der Waals surface area contributed by atoms with Gasteiger partial charge in [0.05, 0.1) is 30.4 Å². The van der Waals surface area contributed by atoms with Gasteiger partial charge in [-0.25, -0.2) is 4.98 Å². The first-order chi connectivity index (χ1) is 19.7. The van der Waals surface area contributed by atoms with Gasteiger partial charge in [-0.3, -0.25) is 19.3 Å². The number of amides is 3. The molecular weight excluding hydrogens is 538 g/mol. The number of nitrogens with one attached hydrogen (secondary N) is 3. The number of pyridine rings is 1. The van der Waals surface area contributed by atoms with Crippen molar-refractivity contribution in [1.82, 2.24) is 20.1 Å². The van der Waals surface area contributed by atoms with Crippen LogP contribution in [0, 0.1) is 36.0 Å². The van der Waals surface area contributed by atoms with E-state index in [1.165, 1.54) is 5.56 Å². The predicted molar refractivity (Wildman–Crippen MR) is 158 cm³/mol. The van der Waals surface area contributed by atoms with Crippen molar-refractivity contribution in [2.45, 2.75) is 37.4 Å². The third-order valence-electron chi connectivity index (χ3n) is 7.71. The minimum atomic E-state index is -0.814. The molecule has 5 rings (SSSR count). The molecule has 41 heavy (non-hydrogen) atoms. The van der Waals surface area contributed by atoms with Gasteiger partial charge in [-0.2, -0.15) is 5.26 Å². The van der Waals surface area contributed by atoms with Crippen molar-refractivity contribution in [3.63, 3.8) is 0 Å². The van der Waals surface area contributed by atoms with Gasteiger partial charge in [0.2, 0.25) is 17.7 Å². The fourth-order valence-corrected chi connectivity index (χ4v) is 7.91. The molecule has 5 unspecified atom stereocenters. The largest absolute Gasteiger partial charge is 0.356 e. The first-order valence-corrected chi connectivity index (χ1v) is 14.8. The van der Waals surface area contributed by atoms with Gasteiger partial charge >= 0.3 is 0 Å². The average molecular weight is 574 g/mol. The number of thioether (sulfide) groups is 1. The molecule has 2 heterocycles. The molecule has 1 aromatic heterocycles. The number of carbonyl (C=O) groups excluding carboxylic acids is 3. The van der Waals surface area contributed by atoms with Crippen LogP contribution in [-0.4, -0.2) is 69.3 Å². The highest BCUT2D eigenvalue weighted by molar-refractivity contribution is 8.02. The molecule has 11 heteroatoms. The van der Waals surface area contributed by atoms with Gasteiger partial charge in [0.15, 0.2) is 0 Å². The predicted octanol–water partition coefficient (Wildman–Crippen LogP) is 2.95. The molecule has 10 nitrogen and oxygen atoms in total. The molecule has 2 saturated carbocycles. The van der Waals surface area contributed by atoms with Crippen LogP contribution in [0.2, 0.25) is 0 Å². The fourth-order valence-electron chi connectivity index (χ4n) is 5.82. The summed E-state index contributed by atoms with van der Waals surface area (Å²) < 4.78 is 0. The summed E-state index contributed by atoms with van der Waals surface area (Å²) in [6, 6.07) is 15.8. The first-order valence-electron chi connectivity index (χ1n) is 13.9. The molecule has 3 amide bonds. The van der Waals surface area contributed by atoms with Gasteiger partial charge in [-0.05, 0) is 51.1 Å². The summed E-state index contributed by atoms with van der Waals surface area (Å²) in [6.45, 7) is 7.57. The standard InChI is InChI=1S/C30H35N7O3S/c1-5-32-28(39)26-21(14-31)30(26)37(6-2)29(40)25-20(27(25)41-30)15-33-22-11-8-12-23(34-22)35-24(38)17-36(4)16-19-10-7-9-18(3)13-19/h7-13,15,21,25-27H,5-6,16-17H2,1-4H3,(H,32,39)(H2,33,34,35,38)/b20-15+. The first kappa shape index (κ1) is 28.6. The smallest absolute Gasteiger partial charge is 0.239 e. The Balaban J connectivity index is 1.20. The van der Waals surface area contributed by atoms with E-state index in [2.05, 4.69) is 33.1 Å². The molecule has 5 atom stereocenters. The van der Waals surface area contributed by atoms with E-state index in [0.717, 1.165) is 11.1 Å². The van der Waals surface area contributed by atoms with Crippen molar-refractivity contribution < 1.29 is 14.4 Å². The lowest BCUT2D eigenvalue weighted by Crippen LogP contribution is -2.48. The number of benzene rings is 1. The number of hydrogen-bond acceptors (Lipinski definition) is 8. The maximum Gasteiger partial charge on any atom is 0.239 e. The van der Waals surface area contributed by atoms with Crippen LogP contribution in [-0.2, 0) is 20.9 Å². The zero-order valence-electron chi connectivity index (χ0n) is 23.7. The number of carbonyl (C=O) groups is 3. The van der Waals surface area contributed by atoms with Crippen molar-refractivity contribution in [1.29, 1.82) is 5.26 Å². The zero-order chi connectivity index (χ0) is 29.3. The summed E-state index contributed by atoms with van der Waals surface area (Å²) in [5.74, 6) is -0.762. The van der Waals surface area contributed by atoms with Crippen molar-refractivity contribution in [3.05, 3.63) is 65.4 Å². The molecule has 3 aliphatic rings. The molecule has 3 fully saturated rings. The monoisotopic (exact) mass is 573 g/mol. The van der Waals surface area contributed by atoms with Gasteiger partial charge in [-0.1, -0.05) is 35.9 Å². The fraction of sp³-hybridized carbons (Fsp3) is 0.433. The Bertz CT molecular complexity index is 1440. The minimum absolute atomic E-state index is 0.0416. The van der Waals surface area contributed by atoms with Crippen LogP contribution in [0.25, 0.3) is 0 Å². The van der Waals surface area contributed by atoms with Crippen molar-refractivity contribution in [2.24, 2.45) is 17.8 Å². The molecule has 3 N–H and O–H groups in total. The highest BCUT2D eigenvalue weighted by Crippen LogP contribution is 2.71. The molecule has 2 aromatic rings. The van der Waals surface area contributed by atoms with Gasteiger partial charge in [0.25, 0.3) is 0 Å². The van der Waals surface area contributed by atoms with E-state index in [1.54, 1.807) is 41.1 Å². The van der Waals surface area contributed by atoms with Gasteiger partial charge in [0.1, 0.15) is 16.5 Å². The lowest BCUT2D eigenvalue weighted by Gasteiger charge is -2.35. The molecule has 1 aliphatic heterocycles. The highest BCUT2D eigenvalue weighted by Gasteiger charge is 2.79. The highest BCUT2D eigenvalue weighted by atomic mass is 32.2. The number of hydrogen-bond donors (Lipinski definition) is 3. The quantitative estimate of drug-likeness (QED) is 0.396. The lowest BCUT2D eigenvalue weighted by molar-refractivity contribution is -0.134. The van der Waals surface area contributed by atoms with Crippen LogP contribution >= 0.6 is 11.8 Å². The van der Waals surface area contributed by atoms with E-state index >= 15 is 0 Å². The maximum atomic E-state index is 13.4. The normalized spacial score (nSPS) is 26.9. The van der Waals surface area contributed by atoms with Crippen LogP contribution in [0.1, 0.15) is 25.0 Å². The third-order valence-corrected chi connectivity index (χ3v) is 9.61. The summed E-state index contributed by atoms with van der Waals surface area (Å²) in [7, 11) is 1.90.